The highest BCUT2D eigenvalue weighted by atomic mass is 32.1. The van der Waals surface area contributed by atoms with Crippen molar-refractivity contribution in [2.75, 3.05) is 18.6 Å². The van der Waals surface area contributed by atoms with Gasteiger partial charge < -0.3 is 14.4 Å². The summed E-state index contributed by atoms with van der Waals surface area (Å²) >= 11 is 1.66. The number of thiophene rings is 1. The predicted octanol–water partition coefficient (Wildman–Crippen LogP) is 4.06. The first-order valence-corrected chi connectivity index (χ1v) is 9.25. The maximum atomic E-state index is 13.2. The fourth-order valence-electron chi connectivity index (χ4n) is 3.47. The van der Waals surface area contributed by atoms with Crippen LogP contribution in [0.2, 0.25) is 0 Å². The normalized spacial score (nSPS) is 19.2. The number of anilines is 1. The molecule has 0 saturated carbocycles. The number of benzene rings is 1. The largest absolute Gasteiger partial charge is 0.497 e. The monoisotopic (exact) mass is 343 g/mol. The van der Waals surface area contributed by atoms with Crippen LogP contribution in [0.15, 0.2) is 24.3 Å². The molecule has 2 aromatic rings. The van der Waals surface area contributed by atoms with Gasteiger partial charge in [0.05, 0.1) is 24.2 Å². The van der Waals surface area contributed by atoms with Crippen LogP contribution in [-0.4, -0.2) is 25.7 Å². The van der Waals surface area contributed by atoms with Crippen molar-refractivity contribution in [1.29, 1.82) is 0 Å². The summed E-state index contributed by atoms with van der Waals surface area (Å²) in [7, 11) is 1.63. The highest BCUT2D eigenvalue weighted by Crippen LogP contribution is 2.38. The second kappa shape index (κ2) is 6.13. The number of nitrogens with zero attached hydrogens (tertiary/aromatic N) is 1. The molecule has 0 fully saturated rings. The molecule has 0 N–H and O–H groups in total. The molecule has 2 aliphatic rings. The maximum absolute atomic E-state index is 13.2. The summed E-state index contributed by atoms with van der Waals surface area (Å²) in [5.41, 5.74) is 2.16. The van der Waals surface area contributed by atoms with E-state index in [1.54, 1.807) is 18.4 Å². The van der Waals surface area contributed by atoms with Crippen LogP contribution in [0.5, 0.6) is 11.5 Å². The van der Waals surface area contributed by atoms with Crippen LogP contribution < -0.4 is 14.4 Å². The first-order valence-electron chi connectivity index (χ1n) is 8.44. The zero-order chi connectivity index (χ0) is 16.7. The number of carbonyl (C=O) groups is 1. The number of methoxy groups -OCH3 is 1. The number of rotatable bonds is 2. The molecule has 4 rings (SSSR count). The van der Waals surface area contributed by atoms with E-state index in [1.807, 2.05) is 30.0 Å². The highest BCUT2D eigenvalue weighted by molar-refractivity contribution is 7.14. The van der Waals surface area contributed by atoms with Crippen LogP contribution in [0.4, 0.5) is 5.69 Å². The van der Waals surface area contributed by atoms with E-state index in [0.717, 1.165) is 34.9 Å². The van der Waals surface area contributed by atoms with Crippen LogP contribution in [-0.2, 0) is 12.8 Å². The van der Waals surface area contributed by atoms with E-state index in [1.165, 1.54) is 23.3 Å². The number of ether oxygens (including phenoxy) is 2. The van der Waals surface area contributed by atoms with E-state index in [2.05, 4.69) is 6.07 Å². The molecule has 1 aliphatic heterocycles. The van der Waals surface area contributed by atoms with Crippen molar-refractivity contribution in [2.24, 2.45) is 0 Å². The van der Waals surface area contributed by atoms with Gasteiger partial charge in [-0.1, -0.05) is 0 Å². The molecule has 126 valence electrons. The predicted molar refractivity (Wildman–Crippen MR) is 95.7 cm³/mol. The van der Waals surface area contributed by atoms with Crippen molar-refractivity contribution >= 4 is 22.9 Å². The lowest BCUT2D eigenvalue weighted by Crippen LogP contribution is -2.42. The van der Waals surface area contributed by atoms with Gasteiger partial charge in [0.1, 0.15) is 17.6 Å². The Kier molecular flexibility index (Phi) is 3.96. The number of aryl methyl sites for hydroxylation is 2. The molecule has 0 radical (unpaired) electrons. The molecule has 1 aliphatic carbocycles. The van der Waals surface area contributed by atoms with Gasteiger partial charge in [-0.3, -0.25) is 4.79 Å². The molecule has 1 unspecified atom stereocenters. The summed E-state index contributed by atoms with van der Waals surface area (Å²) in [4.78, 5) is 17.2. The molecule has 1 aromatic carbocycles. The van der Waals surface area contributed by atoms with E-state index in [0.29, 0.717) is 6.54 Å². The number of hydrogen-bond donors (Lipinski definition) is 0. The molecular weight excluding hydrogens is 322 g/mol. The van der Waals surface area contributed by atoms with Crippen LogP contribution in [0, 0.1) is 0 Å². The average molecular weight is 343 g/mol. The zero-order valence-electron chi connectivity index (χ0n) is 14.0. The molecule has 24 heavy (non-hydrogen) atoms. The Balaban J connectivity index is 1.70. The van der Waals surface area contributed by atoms with Gasteiger partial charge in [-0.25, -0.2) is 0 Å². The molecule has 4 nitrogen and oxygen atoms in total. The summed E-state index contributed by atoms with van der Waals surface area (Å²) in [6.07, 6.45) is 4.64. The summed E-state index contributed by atoms with van der Waals surface area (Å²) in [5.74, 6) is 1.54. The number of hydrogen-bond acceptors (Lipinski definition) is 4. The number of carbonyl (C=O) groups excluding carboxylic acids is 1. The van der Waals surface area contributed by atoms with E-state index in [-0.39, 0.29) is 12.0 Å². The second-order valence-electron chi connectivity index (χ2n) is 6.44. The van der Waals surface area contributed by atoms with Gasteiger partial charge in [-0.2, -0.15) is 0 Å². The van der Waals surface area contributed by atoms with E-state index in [9.17, 15) is 4.79 Å². The zero-order valence-corrected chi connectivity index (χ0v) is 14.8. The molecule has 0 bridgehead atoms. The summed E-state index contributed by atoms with van der Waals surface area (Å²) < 4.78 is 11.2. The summed E-state index contributed by atoms with van der Waals surface area (Å²) in [6, 6.07) is 7.72. The average Bonchev–Trinajstić information content (AvgIpc) is 3.04. The Bertz CT molecular complexity index is 759. The van der Waals surface area contributed by atoms with Gasteiger partial charge in [0.15, 0.2) is 0 Å². The van der Waals surface area contributed by atoms with E-state index in [4.69, 9.17) is 9.47 Å². The Hall–Kier alpha value is -2.01. The number of amides is 1. The van der Waals surface area contributed by atoms with Gasteiger partial charge in [0.2, 0.25) is 0 Å². The minimum absolute atomic E-state index is 0.0237. The molecule has 1 amide bonds. The van der Waals surface area contributed by atoms with Crippen molar-refractivity contribution in [2.45, 2.75) is 38.7 Å². The van der Waals surface area contributed by atoms with Crippen LogP contribution >= 0.6 is 11.3 Å². The van der Waals surface area contributed by atoms with Crippen LogP contribution in [0.3, 0.4) is 0 Å². The summed E-state index contributed by atoms with van der Waals surface area (Å²) in [5, 5.41) is 0. The van der Waals surface area contributed by atoms with Crippen LogP contribution in [0.25, 0.3) is 0 Å². The van der Waals surface area contributed by atoms with Gasteiger partial charge in [0.25, 0.3) is 5.91 Å². The maximum Gasteiger partial charge on any atom is 0.268 e. The third-order valence-corrected chi connectivity index (χ3v) is 5.90. The minimum atomic E-state index is -0.0237. The first-order chi connectivity index (χ1) is 11.7. The number of fused-ring (bicyclic) bond motifs is 2. The Morgan fingerprint density at radius 1 is 1.29 bits per heavy atom. The van der Waals surface area contributed by atoms with Gasteiger partial charge in [-0.05, 0) is 56.4 Å². The van der Waals surface area contributed by atoms with Crippen molar-refractivity contribution < 1.29 is 14.3 Å². The molecular formula is C19H21NO3S. The van der Waals surface area contributed by atoms with E-state index < -0.39 is 0 Å². The third-order valence-electron chi connectivity index (χ3n) is 4.68. The molecule has 1 atom stereocenters. The second-order valence-corrected chi connectivity index (χ2v) is 7.58. The highest BCUT2D eigenvalue weighted by Gasteiger charge is 2.30. The Morgan fingerprint density at radius 2 is 2.12 bits per heavy atom. The fourth-order valence-corrected chi connectivity index (χ4v) is 4.67. The molecule has 0 saturated heterocycles. The lowest BCUT2D eigenvalue weighted by Gasteiger charge is -2.33. The Morgan fingerprint density at radius 3 is 2.92 bits per heavy atom. The molecule has 2 heterocycles. The standard InChI is InChI=1S/C19H21NO3S/c1-12-11-20(15-10-14(22-2)7-8-16(15)23-12)19(21)18-9-13-5-3-4-6-17(13)24-18/h7-10,12H,3-6,11H2,1-2H3. The Labute approximate surface area is 146 Å². The minimum Gasteiger partial charge on any atom is -0.497 e. The summed E-state index contributed by atoms with van der Waals surface area (Å²) in [6.45, 7) is 2.55. The SMILES string of the molecule is COc1ccc2c(c1)N(C(=O)c1cc3c(s1)CCCC3)CC(C)O2. The lowest BCUT2D eigenvalue weighted by molar-refractivity contribution is 0.0965. The van der Waals surface area contributed by atoms with Crippen molar-refractivity contribution in [3.8, 4) is 11.5 Å². The van der Waals surface area contributed by atoms with Gasteiger partial charge >= 0.3 is 0 Å². The molecule has 0 spiro atoms. The topological polar surface area (TPSA) is 38.8 Å². The van der Waals surface area contributed by atoms with Gasteiger partial charge in [-0.15, -0.1) is 11.3 Å². The quantitative estimate of drug-likeness (QED) is 0.825. The lowest BCUT2D eigenvalue weighted by atomic mass is 9.99. The third kappa shape index (κ3) is 2.67. The molecule has 1 aromatic heterocycles. The van der Waals surface area contributed by atoms with Crippen molar-refractivity contribution in [3.05, 3.63) is 39.6 Å². The van der Waals surface area contributed by atoms with E-state index >= 15 is 0 Å². The molecule has 5 heteroatoms. The smallest absolute Gasteiger partial charge is 0.268 e. The van der Waals surface area contributed by atoms with Crippen LogP contribution in [0.1, 0.15) is 39.9 Å². The van der Waals surface area contributed by atoms with Gasteiger partial charge in [0, 0.05) is 10.9 Å². The fraction of sp³-hybridized carbons (Fsp3) is 0.421. The first kappa shape index (κ1) is 15.5. The van der Waals surface area contributed by atoms with Crippen molar-refractivity contribution in [1.82, 2.24) is 0 Å². The van der Waals surface area contributed by atoms with Crippen molar-refractivity contribution in [3.63, 3.8) is 0 Å².